The summed E-state index contributed by atoms with van der Waals surface area (Å²) in [7, 11) is 1.68. The van der Waals surface area contributed by atoms with Gasteiger partial charge in [0.1, 0.15) is 17.1 Å². The lowest BCUT2D eigenvalue weighted by Crippen LogP contribution is -2.28. The molecule has 0 fully saturated rings. The molecule has 2 rings (SSSR count). The molecule has 4 heteroatoms. The summed E-state index contributed by atoms with van der Waals surface area (Å²) in [5.41, 5.74) is 1.96. The van der Waals surface area contributed by atoms with Gasteiger partial charge in [-0.25, -0.2) is 4.98 Å². The van der Waals surface area contributed by atoms with E-state index in [2.05, 4.69) is 31.4 Å². The summed E-state index contributed by atoms with van der Waals surface area (Å²) in [4.78, 5) is 4.74. The van der Waals surface area contributed by atoms with E-state index in [1.54, 1.807) is 7.11 Å². The molecule has 0 amide bonds. The topological polar surface area (TPSA) is 27.1 Å². The van der Waals surface area contributed by atoms with Gasteiger partial charge in [0.15, 0.2) is 0 Å². The quantitative estimate of drug-likeness (QED) is 0.735. The molecule has 1 aromatic heterocycles. The maximum absolute atomic E-state index is 6.36. The molecular weight excluding hydrogens is 272 g/mol. The molecule has 0 aliphatic heterocycles. The molecule has 2 aromatic rings. The fraction of sp³-hybridized carbons (Fsp3) is 0.562. The first-order valence-corrected chi connectivity index (χ1v) is 7.56. The van der Waals surface area contributed by atoms with Crippen molar-refractivity contribution in [2.75, 3.05) is 7.11 Å². The molecule has 1 atom stereocenters. The van der Waals surface area contributed by atoms with E-state index in [-0.39, 0.29) is 10.9 Å². The third-order valence-corrected chi connectivity index (χ3v) is 3.91. The van der Waals surface area contributed by atoms with Crippen molar-refractivity contribution >= 4 is 22.6 Å². The Morgan fingerprint density at radius 1 is 1.40 bits per heavy atom. The van der Waals surface area contributed by atoms with Crippen LogP contribution < -0.4 is 4.74 Å². The second-order valence-corrected chi connectivity index (χ2v) is 6.47. The molecule has 0 N–H and O–H groups in total. The van der Waals surface area contributed by atoms with E-state index < -0.39 is 0 Å². The van der Waals surface area contributed by atoms with Crippen molar-refractivity contribution in [3.05, 3.63) is 24.0 Å². The molecule has 0 aliphatic rings. The number of methoxy groups -OCH3 is 1. The number of para-hydroxylation sites is 1. The van der Waals surface area contributed by atoms with Gasteiger partial charge in [-0.2, -0.15) is 0 Å². The number of fused-ring (bicyclic) bond motifs is 1. The summed E-state index contributed by atoms with van der Waals surface area (Å²) in [6.07, 6.45) is 2.19. The predicted octanol–water partition coefficient (Wildman–Crippen LogP) is 4.88. The molecule has 0 radical (unpaired) electrons. The van der Waals surface area contributed by atoms with Crippen LogP contribution in [-0.2, 0) is 5.54 Å². The summed E-state index contributed by atoms with van der Waals surface area (Å²) < 4.78 is 7.70. The Bertz CT molecular complexity index is 602. The zero-order valence-corrected chi connectivity index (χ0v) is 13.7. The minimum Gasteiger partial charge on any atom is -0.494 e. The lowest BCUT2D eigenvalue weighted by Gasteiger charge is -2.29. The zero-order chi connectivity index (χ0) is 14.9. The fourth-order valence-corrected chi connectivity index (χ4v) is 3.03. The van der Waals surface area contributed by atoms with Gasteiger partial charge in [0.25, 0.3) is 0 Å². The Hall–Kier alpha value is -1.22. The smallest absolute Gasteiger partial charge is 0.146 e. The first-order chi connectivity index (χ1) is 9.42. The maximum Gasteiger partial charge on any atom is 0.146 e. The van der Waals surface area contributed by atoms with Crippen LogP contribution in [0.15, 0.2) is 18.2 Å². The average Bonchev–Trinajstić information content (AvgIpc) is 2.78. The van der Waals surface area contributed by atoms with E-state index in [0.29, 0.717) is 0 Å². The van der Waals surface area contributed by atoms with Crippen molar-refractivity contribution in [2.24, 2.45) is 0 Å². The van der Waals surface area contributed by atoms with Gasteiger partial charge in [0, 0.05) is 5.54 Å². The standard InChI is InChI=1S/C16H23ClN2O/c1-6-10-16(3,4)19-12-8-7-9-13(20-5)14(12)18-15(19)11(2)17/h7-9,11H,6,10H2,1-5H3. The van der Waals surface area contributed by atoms with Crippen LogP contribution in [0.3, 0.4) is 0 Å². The van der Waals surface area contributed by atoms with E-state index in [1.807, 2.05) is 19.1 Å². The molecule has 0 saturated heterocycles. The van der Waals surface area contributed by atoms with Crippen LogP contribution in [0.1, 0.15) is 51.7 Å². The van der Waals surface area contributed by atoms with Gasteiger partial charge in [0.2, 0.25) is 0 Å². The fourth-order valence-electron chi connectivity index (χ4n) is 2.88. The van der Waals surface area contributed by atoms with Crippen LogP contribution in [0.2, 0.25) is 0 Å². The largest absolute Gasteiger partial charge is 0.494 e. The van der Waals surface area contributed by atoms with Gasteiger partial charge in [-0.1, -0.05) is 19.4 Å². The van der Waals surface area contributed by atoms with Gasteiger partial charge >= 0.3 is 0 Å². The van der Waals surface area contributed by atoms with Crippen LogP contribution in [0.4, 0.5) is 0 Å². The molecule has 0 saturated carbocycles. The highest BCUT2D eigenvalue weighted by molar-refractivity contribution is 6.20. The number of ether oxygens (including phenoxy) is 1. The molecule has 1 aromatic carbocycles. The Labute approximate surface area is 125 Å². The molecule has 0 bridgehead atoms. The Morgan fingerprint density at radius 3 is 2.65 bits per heavy atom. The zero-order valence-electron chi connectivity index (χ0n) is 12.9. The van der Waals surface area contributed by atoms with Crippen LogP contribution in [-0.4, -0.2) is 16.7 Å². The lowest BCUT2D eigenvalue weighted by atomic mass is 9.97. The van der Waals surface area contributed by atoms with Crippen LogP contribution >= 0.6 is 11.6 Å². The molecule has 20 heavy (non-hydrogen) atoms. The second-order valence-electron chi connectivity index (χ2n) is 5.81. The highest BCUT2D eigenvalue weighted by Crippen LogP contribution is 2.36. The molecule has 0 aliphatic carbocycles. The van der Waals surface area contributed by atoms with Crippen molar-refractivity contribution < 1.29 is 4.74 Å². The van der Waals surface area contributed by atoms with E-state index in [9.17, 15) is 0 Å². The highest BCUT2D eigenvalue weighted by Gasteiger charge is 2.27. The minimum absolute atomic E-state index is 0.0195. The molecule has 0 spiro atoms. The lowest BCUT2D eigenvalue weighted by molar-refractivity contribution is 0.323. The van der Waals surface area contributed by atoms with E-state index >= 15 is 0 Å². The van der Waals surface area contributed by atoms with Gasteiger partial charge < -0.3 is 9.30 Å². The third-order valence-electron chi connectivity index (χ3n) is 3.72. The first kappa shape index (κ1) is 15.2. The Morgan fingerprint density at radius 2 is 2.10 bits per heavy atom. The van der Waals surface area contributed by atoms with E-state index in [1.165, 1.54) is 0 Å². The van der Waals surface area contributed by atoms with Gasteiger partial charge in [0.05, 0.1) is 18.0 Å². The van der Waals surface area contributed by atoms with E-state index in [0.717, 1.165) is 35.4 Å². The van der Waals surface area contributed by atoms with Gasteiger partial charge in [-0.3, -0.25) is 0 Å². The summed E-state index contributed by atoms with van der Waals surface area (Å²) in [5.74, 6) is 1.71. The third kappa shape index (κ3) is 2.51. The maximum atomic E-state index is 6.36. The highest BCUT2D eigenvalue weighted by atomic mass is 35.5. The number of hydrogen-bond donors (Lipinski definition) is 0. The normalized spacial score (nSPS) is 13.7. The second kappa shape index (κ2) is 5.65. The molecule has 1 unspecified atom stereocenters. The van der Waals surface area contributed by atoms with Crippen LogP contribution in [0.25, 0.3) is 11.0 Å². The average molecular weight is 295 g/mol. The van der Waals surface area contributed by atoms with Crippen molar-refractivity contribution in [3.63, 3.8) is 0 Å². The first-order valence-electron chi connectivity index (χ1n) is 7.12. The SMILES string of the molecule is CCCC(C)(C)n1c(C(C)Cl)nc2c(OC)cccc21. The number of alkyl halides is 1. The number of benzene rings is 1. The number of hydrogen-bond acceptors (Lipinski definition) is 2. The Balaban J connectivity index is 2.76. The molecule has 110 valence electrons. The summed E-state index contributed by atoms with van der Waals surface area (Å²) in [6, 6.07) is 6.03. The van der Waals surface area contributed by atoms with Crippen molar-refractivity contribution in [1.29, 1.82) is 0 Å². The minimum atomic E-state index is -0.136. The number of rotatable bonds is 5. The number of nitrogens with zero attached hydrogens (tertiary/aromatic N) is 2. The number of halogens is 1. The molecule has 3 nitrogen and oxygen atoms in total. The molecule has 1 heterocycles. The van der Waals surface area contributed by atoms with Crippen molar-refractivity contribution in [3.8, 4) is 5.75 Å². The number of aromatic nitrogens is 2. The van der Waals surface area contributed by atoms with Crippen LogP contribution in [0.5, 0.6) is 5.75 Å². The monoisotopic (exact) mass is 294 g/mol. The van der Waals surface area contributed by atoms with E-state index in [4.69, 9.17) is 21.3 Å². The van der Waals surface area contributed by atoms with Crippen LogP contribution in [0, 0.1) is 0 Å². The summed E-state index contributed by atoms with van der Waals surface area (Å²) in [5, 5.41) is -0.136. The number of imidazole rings is 1. The van der Waals surface area contributed by atoms with Gasteiger partial charge in [-0.15, -0.1) is 11.6 Å². The Kier molecular flexibility index (Phi) is 4.28. The summed E-state index contributed by atoms with van der Waals surface area (Å²) >= 11 is 6.36. The van der Waals surface area contributed by atoms with Gasteiger partial charge in [-0.05, 0) is 39.3 Å². The molecular formula is C16H23ClN2O. The van der Waals surface area contributed by atoms with Crippen molar-refractivity contribution in [1.82, 2.24) is 9.55 Å². The summed E-state index contributed by atoms with van der Waals surface area (Å²) in [6.45, 7) is 8.64. The predicted molar refractivity (Wildman–Crippen MR) is 84.8 cm³/mol. The van der Waals surface area contributed by atoms with Crippen molar-refractivity contribution in [2.45, 2.75) is 51.5 Å².